The molecule has 4 nitrogen and oxygen atoms in total. The molecule has 0 aliphatic carbocycles. The number of aryl methyl sites for hydroxylation is 1. The quantitative estimate of drug-likeness (QED) is 0.712. The molecule has 0 radical (unpaired) electrons. The van der Waals surface area contributed by atoms with Gasteiger partial charge in [-0.2, -0.15) is 0 Å². The van der Waals surface area contributed by atoms with Crippen molar-refractivity contribution in [2.75, 3.05) is 37.2 Å². The topological polar surface area (TPSA) is 54.2 Å². The summed E-state index contributed by atoms with van der Waals surface area (Å²) >= 11 is 0. The van der Waals surface area contributed by atoms with E-state index in [1.807, 2.05) is 19.1 Å². The van der Waals surface area contributed by atoms with Crippen LogP contribution in [-0.4, -0.2) is 36.1 Å². The Bertz CT molecular complexity index is 334. The van der Waals surface area contributed by atoms with Crippen LogP contribution in [0.2, 0.25) is 0 Å². The van der Waals surface area contributed by atoms with Crippen molar-refractivity contribution in [1.82, 2.24) is 9.88 Å². The first kappa shape index (κ1) is 13.8. The summed E-state index contributed by atoms with van der Waals surface area (Å²) in [6.45, 7) is 10.6. The van der Waals surface area contributed by atoms with Gasteiger partial charge < -0.3 is 16.0 Å². The molecule has 0 unspecified atom stereocenters. The summed E-state index contributed by atoms with van der Waals surface area (Å²) in [5.74, 6) is 0.810. The fourth-order valence-corrected chi connectivity index (χ4v) is 1.76. The van der Waals surface area contributed by atoms with Gasteiger partial charge in [0.05, 0.1) is 5.69 Å². The van der Waals surface area contributed by atoms with Gasteiger partial charge in [-0.1, -0.05) is 13.8 Å². The van der Waals surface area contributed by atoms with Gasteiger partial charge in [-0.05, 0) is 45.1 Å². The molecule has 3 N–H and O–H groups in total. The number of rotatable bonds is 7. The van der Waals surface area contributed by atoms with E-state index in [9.17, 15) is 0 Å². The summed E-state index contributed by atoms with van der Waals surface area (Å²) in [7, 11) is 0. The summed E-state index contributed by atoms with van der Waals surface area (Å²) in [6.07, 6.45) is 1.11. The molecule has 0 bridgehead atoms. The maximum absolute atomic E-state index is 5.85. The van der Waals surface area contributed by atoms with Gasteiger partial charge in [-0.3, -0.25) is 0 Å². The van der Waals surface area contributed by atoms with Crippen LogP contribution in [0.1, 0.15) is 26.0 Å². The van der Waals surface area contributed by atoms with Crippen molar-refractivity contribution < 1.29 is 0 Å². The Kier molecular flexibility index (Phi) is 5.77. The molecule has 0 fully saturated rings. The van der Waals surface area contributed by atoms with E-state index < -0.39 is 0 Å². The molecule has 1 rings (SSSR count). The second-order valence-electron chi connectivity index (χ2n) is 4.20. The smallest absolute Gasteiger partial charge is 0.149 e. The predicted molar refractivity (Wildman–Crippen MR) is 74.3 cm³/mol. The number of aromatic nitrogens is 1. The van der Waals surface area contributed by atoms with Gasteiger partial charge in [0.25, 0.3) is 0 Å². The SMILES string of the molecule is CCN(CC)CCCNc1nc(C)ccc1N. The summed E-state index contributed by atoms with van der Waals surface area (Å²) in [5, 5.41) is 3.29. The molecule has 0 amide bonds. The molecule has 1 heterocycles. The van der Waals surface area contributed by atoms with Crippen LogP contribution in [0.5, 0.6) is 0 Å². The van der Waals surface area contributed by atoms with Crippen LogP contribution in [0.3, 0.4) is 0 Å². The van der Waals surface area contributed by atoms with E-state index in [1.165, 1.54) is 0 Å². The fraction of sp³-hybridized carbons (Fsp3) is 0.615. The second kappa shape index (κ2) is 7.12. The first-order chi connectivity index (χ1) is 8.17. The van der Waals surface area contributed by atoms with E-state index in [2.05, 4.69) is 29.0 Å². The number of nitrogens with one attached hydrogen (secondary N) is 1. The number of anilines is 2. The lowest BCUT2D eigenvalue weighted by atomic mass is 10.3. The van der Waals surface area contributed by atoms with Crippen molar-refractivity contribution in [2.24, 2.45) is 0 Å². The first-order valence-electron chi connectivity index (χ1n) is 6.36. The van der Waals surface area contributed by atoms with Gasteiger partial charge in [-0.25, -0.2) is 4.98 Å². The Morgan fingerprint density at radius 3 is 2.65 bits per heavy atom. The number of nitrogens with two attached hydrogens (primary N) is 1. The molecule has 17 heavy (non-hydrogen) atoms. The largest absolute Gasteiger partial charge is 0.396 e. The third-order valence-electron chi connectivity index (χ3n) is 2.90. The fourth-order valence-electron chi connectivity index (χ4n) is 1.76. The van der Waals surface area contributed by atoms with E-state index in [4.69, 9.17) is 5.73 Å². The first-order valence-corrected chi connectivity index (χ1v) is 6.36. The third-order valence-corrected chi connectivity index (χ3v) is 2.90. The normalized spacial score (nSPS) is 10.8. The predicted octanol–water partition coefficient (Wildman–Crippen LogP) is 2.12. The maximum atomic E-state index is 5.85. The van der Waals surface area contributed by atoms with Crippen molar-refractivity contribution in [1.29, 1.82) is 0 Å². The van der Waals surface area contributed by atoms with Crippen molar-refractivity contribution in [2.45, 2.75) is 27.2 Å². The molecule has 0 saturated carbocycles. The molecule has 96 valence electrons. The Morgan fingerprint density at radius 2 is 2.00 bits per heavy atom. The minimum atomic E-state index is 0.721. The Morgan fingerprint density at radius 1 is 1.29 bits per heavy atom. The van der Waals surface area contributed by atoms with Crippen LogP contribution in [0.25, 0.3) is 0 Å². The van der Waals surface area contributed by atoms with Gasteiger partial charge >= 0.3 is 0 Å². The van der Waals surface area contributed by atoms with Gasteiger partial charge in [-0.15, -0.1) is 0 Å². The number of nitrogen functional groups attached to an aromatic ring is 1. The monoisotopic (exact) mass is 236 g/mol. The lowest BCUT2D eigenvalue weighted by Gasteiger charge is -2.18. The molecule has 0 aromatic carbocycles. The summed E-state index contributed by atoms with van der Waals surface area (Å²) in [4.78, 5) is 6.79. The minimum absolute atomic E-state index is 0.721. The lowest BCUT2D eigenvalue weighted by Crippen LogP contribution is -2.25. The van der Waals surface area contributed by atoms with Gasteiger partial charge in [0.2, 0.25) is 0 Å². The second-order valence-corrected chi connectivity index (χ2v) is 4.20. The Balaban J connectivity index is 2.33. The molecule has 0 saturated heterocycles. The van der Waals surface area contributed by atoms with Gasteiger partial charge in [0.1, 0.15) is 5.82 Å². The minimum Gasteiger partial charge on any atom is -0.396 e. The molecule has 0 aliphatic rings. The highest BCUT2D eigenvalue weighted by atomic mass is 15.1. The van der Waals surface area contributed by atoms with E-state index in [0.29, 0.717) is 0 Å². The van der Waals surface area contributed by atoms with E-state index in [1.54, 1.807) is 0 Å². The molecule has 0 atom stereocenters. The number of hydrogen-bond acceptors (Lipinski definition) is 4. The van der Waals surface area contributed by atoms with Crippen LogP contribution in [0.4, 0.5) is 11.5 Å². The van der Waals surface area contributed by atoms with E-state index in [-0.39, 0.29) is 0 Å². The molecule has 4 heteroatoms. The zero-order valence-corrected chi connectivity index (χ0v) is 11.2. The van der Waals surface area contributed by atoms with Crippen molar-refractivity contribution in [3.05, 3.63) is 17.8 Å². The van der Waals surface area contributed by atoms with Crippen molar-refractivity contribution in [3.8, 4) is 0 Å². The molecule has 1 aromatic heterocycles. The average molecular weight is 236 g/mol. The number of pyridine rings is 1. The molecule has 0 spiro atoms. The Labute approximate surface area is 104 Å². The standard InChI is InChI=1S/C13H24N4/c1-4-17(5-2)10-6-9-15-13-12(14)8-7-11(3)16-13/h7-8H,4-6,9-10,14H2,1-3H3,(H,15,16). The van der Waals surface area contributed by atoms with E-state index in [0.717, 1.165) is 49.8 Å². The summed E-state index contributed by atoms with van der Waals surface area (Å²) in [6, 6.07) is 3.82. The van der Waals surface area contributed by atoms with Gasteiger partial charge in [0, 0.05) is 12.2 Å². The molecular formula is C13H24N4. The summed E-state index contributed by atoms with van der Waals surface area (Å²) in [5.41, 5.74) is 7.56. The molecular weight excluding hydrogens is 212 g/mol. The van der Waals surface area contributed by atoms with Crippen LogP contribution in [0.15, 0.2) is 12.1 Å². The maximum Gasteiger partial charge on any atom is 0.149 e. The van der Waals surface area contributed by atoms with Crippen LogP contribution >= 0.6 is 0 Å². The van der Waals surface area contributed by atoms with E-state index >= 15 is 0 Å². The lowest BCUT2D eigenvalue weighted by molar-refractivity contribution is 0.303. The average Bonchev–Trinajstić information content (AvgIpc) is 2.33. The van der Waals surface area contributed by atoms with Gasteiger partial charge in [0.15, 0.2) is 0 Å². The van der Waals surface area contributed by atoms with Crippen LogP contribution < -0.4 is 11.1 Å². The number of nitrogens with zero attached hydrogens (tertiary/aromatic N) is 2. The third kappa shape index (κ3) is 4.61. The Hall–Kier alpha value is -1.29. The van der Waals surface area contributed by atoms with Crippen LogP contribution in [0, 0.1) is 6.92 Å². The van der Waals surface area contributed by atoms with Crippen LogP contribution in [-0.2, 0) is 0 Å². The van der Waals surface area contributed by atoms with Crippen molar-refractivity contribution in [3.63, 3.8) is 0 Å². The summed E-state index contributed by atoms with van der Waals surface area (Å²) < 4.78 is 0. The zero-order chi connectivity index (χ0) is 12.7. The highest BCUT2D eigenvalue weighted by Crippen LogP contribution is 2.14. The molecule has 1 aromatic rings. The number of hydrogen-bond donors (Lipinski definition) is 2. The highest BCUT2D eigenvalue weighted by molar-refractivity contribution is 5.61. The van der Waals surface area contributed by atoms with Crippen molar-refractivity contribution >= 4 is 11.5 Å². The highest BCUT2D eigenvalue weighted by Gasteiger charge is 2.01. The zero-order valence-electron chi connectivity index (χ0n) is 11.2. The molecule has 0 aliphatic heterocycles.